The number of hydrogen-bond donors (Lipinski definition) is 1. The molecule has 1 N–H and O–H groups in total. The van der Waals surface area contributed by atoms with Crippen LogP contribution in [0.15, 0.2) is 59.0 Å². The van der Waals surface area contributed by atoms with Crippen molar-refractivity contribution in [1.29, 1.82) is 0 Å². The first-order chi connectivity index (χ1) is 15.1. The van der Waals surface area contributed by atoms with E-state index in [1.54, 1.807) is 24.3 Å². The highest BCUT2D eigenvalue weighted by Gasteiger charge is 2.45. The van der Waals surface area contributed by atoms with E-state index < -0.39 is 33.5 Å². The number of sulfonamides is 1. The summed E-state index contributed by atoms with van der Waals surface area (Å²) < 4.78 is 30.7. The molecule has 0 saturated carbocycles. The molecule has 0 spiro atoms. The Hall–Kier alpha value is -2.72. The fraction of sp³-hybridized carbons (Fsp3) is 0.273. The molecule has 0 bridgehead atoms. The van der Waals surface area contributed by atoms with Crippen LogP contribution in [0.3, 0.4) is 0 Å². The van der Waals surface area contributed by atoms with Crippen LogP contribution in [0, 0.1) is 0 Å². The smallest absolute Gasteiger partial charge is 0.295 e. The summed E-state index contributed by atoms with van der Waals surface area (Å²) in [5.41, 5.74) is 0.664. The molecule has 1 aliphatic heterocycles. The van der Waals surface area contributed by atoms with Gasteiger partial charge in [-0.3, -0.25) is 9.59 Å². The van der Waals surface area contributed by atoms with Crippen LogP contribution in [0.1, 0.15) is 17.2 Å². The van der Waals surface area contributed by atoms with Gasteiger partial charge >= 0.3 is 0 Å². The number of likely N-dealkylation sites (tertiary alicyclic amines) is 1. The maximum Gasteiger partial charge on any atom is 0.295 e. The van der Waals surface area contributed by atoms with Crippen LogP contribution >= 0.6 is 11.6 Å². The Morgan fingerprint density at radius 3 is 2.38 bits per heavy atom. The Balaban J connectivity index is 2.13. The van der Waals surface area contributed by atoms with Crippen LogP contribution in [0.5, 0.6) is 0 Å². The highest BCUT2D eigenvalue weighted by molar-refractivity contribution is 7.89. The van der Waals surface area contributed by atoms with Gasteiger partial charge in [0, 0.05) is 38.3 Å². The molecular formula is C22H23ClN2O6S. The second-order valence-electron chi connectivity index (χ2n) is 7.35. The van der Waals surface area contributed by atoms with Crippen LogP contribution in [0.25, 0.3) is 5.76 Å². The van der Waals surface area contributed by atoms with E-state index in [0.29, 0.717) is 10.6 Å². The van der Waals surface area contributed by atoms with Crippen LogP contribution in [0.2, 0.25) is 5.02 Å². The molecule has 1 amide bonds. The molecule has 1 unspecified atom stereocenters. The third kappa shape index (κ3) is 4.42. The predicted octanol–water partition coefficient (Wildman–Crippen LogP) is 2.66. The first kappa shape index (κ1) is 23.9. The van der Waals surface area contributed by atoms with Gasteiger partial charge in [-0.2, -0.15) is 0 Å². The number of aliphatic hydroxyl groups excluding tert-OH is 1. The van der Waals surface area contributed by atoms with Gasteiger partial charge < -0.3 is 14.7 Å². The molecule has 2 aromatic rings. The van der Waals surface area contributed by atoms with E-state index in [9.17, 15) is 23.1 Å². The van der Waals surface area contributed by atoms with E-state index in [0.717, 1.165) is 4.31 Å². The number of hydrogen-bond acceptors (Lipinski definition) is 6. The minimum Gasteiger partial charge on any atom is -0.507 e. The third-order valence-electron chi connectivity index (χ3n) is 5.15. The molecule has 1 aliphatic rings. The lowest BCUT2D eigenvalue weighted by Crippen LogP contribution is -2.32. The van der Waals surface area contributed by atoms with Crippen LogP contribution in [-0.2, 0) is 24.3 Å². The summed E-state index contributed by atoms with van der Waals surface area (Å²) in [5, 5.41) is 11.4. The number of nitrogens with zero attached hydrogens (tertiary/aromatic N) is 2. The lowest BCUT2D eigenvalue weighted by molar-refractivity contribution is -0.140. The fourth-order valence-electron chi connectivity index (χ4n) is 3.47. The number of ketones is 1. The second-order valence-corrected chi connectivity index (χ2v) is 9.94. The molecule has 3 rings (SSSR count). The van der Waals surface area contributed by atoms with Gasteiger partial charge in [0.2, 0.25) is 10.0 Å². The van der Waals surface area contributed by atoms with Crippen LogP contribution < -0.4 is 0 Å². The zero-order valence-electron chi connectivity index (χ0n) is 17.8. The fourth-order valence-corrected chi connectivity index (χ4v) is 4.57. The Kier molecular flexibility index (Phi) is 7.04. The van der Waals surface area contributed by atoms with E-state index in [2.05, 4.69) is 0 Å². The Morgan fingerprint density at radius 1 is 1.16 bits per heavy atom. The Labute approximate surface area is 191 Å². The highest BCUT2D eigenvalue weighted by Crippen LogP contribution is 2.39. The first-order valence-corrected chi connectivity index (χ1v) is 11.5. The van der Waals surface area contributed by atoms with Crippen molar-refractivity contribution < 1.29 is 27.9 Å². The normalized spacial score (nSPS) is 18.5. The molecular weight excluding hydrogens is 456 g/mol. The number of halogens is 1. The number of benzene rings is 2. The van der Waals surface area contributed by atoms with Crippen molar-refractivity contribution in [2.75, 3.05) is 34.4 Å². The summed E-state index contributed by atoms with van der Waals surface area (Å²) in [7, 11) is 0.648. The second kappa shape index (κ2) is 9.41. The zero-order valence-corrected chi connectivity index (χ0v) is 19.4. The number of carbonyl (C=O) groups excluding carboxylic acids is 2. The molecule has 170 valence electrons. The molecule has 1 fully saturated rings. The minimum atomic E-state index is -3.66. The summed E-state index contributed by atoms with van der Waals surface area (Å²) in [6, 6.07) is 11.3. The Morgan fingerprint density at radius 2 is 1.81 bits per heavy atom. The van der Waals surface area contributed by atoms with Crippen LogP contribution in [0.4, 0.5) is 0 Å². The molecule has 1 atom stereocenters. The summed E-state index contributed by atoms with van der Waals surface area (Å²) in [4.78, 5) is 27.0. The lowest BCUT2D eigenvalue weighted by Gasteiger charge is -2.25. The van der Waals surface area contributed by atoms with Gasteiger partial charge in [0.1, 0.15) is 5.76 Å². The van der Waals surface area contributed by atoms with Gasteiger partial charge in [-0.05, 0) is 42.0 Å². The number of ether oxygens (including phenoxy) is 1. The molecule has 0 aliphatic carbocycles. The van der Waals surface area contributed by atoms with Crippen molar-refractivity contribution in [3.63, 3.8) is 0 Å². The number of carbonyl (C=O) groups is 2. The van der Waals surface area contributed by atoms with Crippen molar-refractivity contribution in [2.45, 2.75) is 10.9 Å². The average molecular weight is 479 g/mol. The maximum absolute atomic E-state index is 12.9. The molecule has 1 heterocycles. The van der Waals surface area contributed by atoms with E-state index in [1.807, 2.05) is 0 Å². The topological polar surface area (TPSA) is 104 Å². The molecule has 2 aromatic carbocycles. The number of amides is 1. The van der Waals surface area contributed by atoms with Gasteiger partial charge in [0.05, 0.1) is 23.1 Å². The Bertz CT molecular complexity index is 1180. The summed E-state index contributed by atoms with van der Waals surface area (Å²) in [5.74, 6) is -2.00. The monoisotopic (exact) mass is 478 g/mol. The van der Waals surface area contributed by atoms with Gasteiger partial charge in [-0.15, -0.1) is 0 Å². The van der Waals surface area contributed by atoms with Crippen molar-refractivity contribution in [2.24, 2.45) is 0 Å². The van der Waals surface area contributed by atoms with E-state index in [1.165, 1.54) is 50.4 Å². The van der Waals surface area contributed by atoms with Crippen molar-refractivity contribution in [3.8, 4) is 0 Å². The first-order valence-electron chi connectivity index (χ1n) is 9.65. The van der Waals surface area contributed by atoms with Gasteiger partial charge in [-0.1, -0.05) is 23.7 Å². The molecule has 32 heavy (non-hydrogen) atoms. The number of Topliss-reactive ketones (excluding diaryl/α,β-unsaturated/α-hetero) is 1. The predicted molar refractivity (Wildman–Crippen MR) is 120 cm³/mol. The molecule has 10 heteroatoms. The molecule has 0 aromatic heterocycles. The standard InChI is InChI=1S/C22H23ClN2O6S/c1-24(2)32(29,30)17-9-7-14(8-10-17)20(26)18-19(15-5-4-6-16(23)13-15)25(11-12-31-3)22(28)21(18)27/h4-10,13,19,26H,11-12H2,1-3H3/b20-18-. The van der Waals surface area contributed by atoms with Crippen LogP contribution in [-0.4, -0.2) is 68.8 Å². The third-order valence-corrected chi connectivity index (χ3v) is 7.21. The molecule has 8 nitrogen and oxygen atoms in total. The highest BCUT2D eigenvalue weighted by atomic mass is 35.5. The maximum atomic E-state index is 12.9. The van der Waals surface area contributed by atoms with Gasteiger partial charge in [-0.25, -0.2) is 12.7 Å². The summed E-state index contributed by atoms with van der Waals surface area (Å²) in [6.07, 6.45) is 0. The minimum absolute atomic E-state index is 0.0333. The van der Waals surface area contributed by atoms with E-state index >= 15 is 0 Å². The van der Waals surface area contributed by atoms with Crippen molar-refractivity contribution in [1.82, 2.24) is 9.21 Å². The lowest BCUT2D eigenvalue weighted by atomic mass is 9.95. The number of methoxy groups -OCH3 is 1. The van der Waals surface area contributed by atoms with Gasteiger partial charge in [0.25, 0.3) is 11.7 Å². The largest absolute Gasteiger partial charge is 0.507 e. The number of rotatable bonds is 7. The zero-order chi connectivity index (χ0) is 23.6. The van der Waals surface area contributed by atoms with Crippen molar-refractivity contribution in [3.05, 3.63) is 70.3 Å². The average Bonchev–Trinajstić information content (AvgIpc) is 3.02. The quantitative estimate of drug-likeness (QED) is 0.372. The SMILES string of the molecule is COCCN1C(=O)C(=O)/C(=C(\O)c2ccc(S(=O)(=O)N(C)C)cc2)C1c1cccc(Cl)c1. The number of aliphatic hydroxyl groups is 1. The molecule has 1 saturated heterocycles. The summed E-state index contributed by atoms with van der Waals surface area (Å²) in [6.45, 7) is 0.330. The van der Waals surface area contributed by atoms with Gasteiger partial charge in [0.15, 0.2) is 0 Å². The molecule has 0 radical (unpaired) electrons. The van der Waals surface area contributed by atoms with E-state index in [-0.39, 0.29) is 29.2 Å². The summed E-state index contributed by atoms with van der Waals surface area (Å²) >= 11 is 6.13. The van der Waals surface area contributed by atoms with Crippen molar-refractivity contribution >= 4 is 39.1 Å². The van der Waals surface area contributed by atoms with E-state index in [4.69, 9.17) is 16.3 Å².